The van der Waals surface area contributed by atoms with Gasteiger partial charge in [-0.05, 0) is 43.7 Å². The van der Waals surface area contributed by atoms with Crippen molar-refractivity contribution in [3.8, 4) is 11.6 Å². The first-order valence-electron chi connectivity index (χ1n) is 12.6. The molecule has 5 rings (SSSR count). The van der Waals surface area contributed by atoms with E-state index >= 15 is 0 Å². The Morgan fingerprint density at radius 3 is 2.29 bits per heavy atom. The highest BCUT2D eigenvalue weighted by Crippen LogP contribution is 2.34. The van der Waals surface area contributed by atoms with E-state index in [4.69, 9.17) is 4.74 Å². The summed E-state index contributed by atoms with van der Waals surface area (Å²) in [7, 11) is 0. The van der Waals surface area contributed by atoms with E-state index in [9.17, 15) is 13.6 Å². The first kappa shape index (κ1) is 25.3. The number of carbonyl (C=O) groups is 1. The molecular weight excluding hydrogens is 488 g/mol. The Labute approximate surface area is 220 Å². The predicted molar refractivity (Wildman–Crippen MR) is 143 cm³/mol. The minimum atomic E-state index is -0.632. The van der Waals surface area contributed by atoms with Gasteiger partial charge < -0.3 is 15.0 Å². The van der Waals surface area contributed by atoms with Gasteiger partial charge in [0.15, 0.2) is 0 Å². The lowest BCUT2D eigenvalue weighted by atomic mass is 9.94. The first-order chi connectivity index (χ1) is 18.5. The summed E-state index contributed by atoms with van der Waals surface area (Å²) in [5.74, 6) is -0.542. The van der Waals surface area contributed by atoms with Crippen molar-refractivity contribution in [1.82, 2.24) is 15.1 Å². The maximum atomic E-state index is 14.6. The lowest BCUT2D eigenvalue weighted by Gasteiger charge is -2.21. The Bertz CT molecular complexity index is 1390. The van der Waals surface area contributed by atoms with Gasteiger partial charge in [0.1, 0.15) is 23.1 Å². The molecule has 4 aromatic rings. The maximum Gasteiger partial charge on any atom is 0.320 e. The number of halogens is 2. The molecule has 1 aromatic heterocycles. The van der Waals surface area contributed by atoms with Crippen LogP contribution in [0.2, 0.25) is 0 Å². The monoisotopic (exact) mass is 517 g/mol. The van der Waals surface area contributed by atoms with Gasteiger partial charge in [-0.25, -0.2) is 18.3 Å². The normalized spacial score (nSPS) is 16.9. The highest BCUT2D eigenvalue weighted by Gasteiger charge is 2.37. The second kappa shape index (κ2) is 10.9. The third-order valence-electron chi connectivity index (χ3n) is 6.71. The van der Waals surface area contributed by atoms with Crippen LogP contribution in [0, 0.1) is 18.6 Å². The molecule has 1 fully saturated rings. The number of ether oxygens (including phenoxy) is 1. The number of nitrogens with one attached hydrogen (secondary N) is 2. The van der Waals surface area contributed by atoms with Gasteiger partial charge in [0.2, 0.25) is 5.88 Å². The molecular formula is C29H29F2N5O2. The number of para-hydroxylation sites is 2. The second-order valence-electron chi connectivity index (χ2n) is 9.16. The molecule has 3 aromatic carbocycles. The summed E-state index contributed by atoms with van der Waals surface area (Å²) in [4.78, 5) is 15.0. The van der Waals surface area contributed by atoms with Crippen molar-refractivity contribution in [2.24, 2.45) is 0 Å². The zero-order valence-electron chi connectivity index (χ0n) is 21.2. The number of hydrogen-bond acceptors (Lipinski definition) is 4. The Hall–Kier alpha value is -4.40. The van der Waals surface area contributed by atoms with E-state index in [2.05, 4.69) is 15.7 Å². The van der Waals surface area contributed by atoms with Crippen LogP contribution in [0.5, 0.6) is 5.88 Å². The van der Waals surface area contributed by atoms with Crippen molar-refractivity contribution < 1.29 is 18.3 Å². The average molecular weight is 518 g/mol. The van der Waals surface area contributed by atoms with Crippen LogP contribution in [0.1, 0.15) is 24.0 Å². The fourth-order valence-corrected chi connectivity index (χ4v) is 4.93. The quantitative estimate of drug-likeness (QED) is 0.332. The Kier molecular flexibility index (Phi) is 7.26. The minimum Gasteiger partial charge on any atom is -0.477 e. The second-order valence-corrected chi connectivity index (χ2v) is 9.16. The molecule has 0 spiro atoms. The summed E-state index contributed by atoms with van der Waals surface area (Å²) in [5, 5.41) is 10.5. The van der Waals surface area contributed by atoms with Crippen LogP contribution in [0.25, 0.3) is 5.69 Å². The summed E-state index contributed by atoms with van der Waals surface area (Å²) in [6.45, 7) is 4.72. The number of carbonyl (C=O) groups excluding carboxylic acids is 1. The van der Waals surface area contributed by atoms with Gasteiger partial charge in [0, 0.05) is 19.0 Å². The molecule has 0 aliphatic carbocycles. The van der Waals surface area contributed by atoms with Crippen molar-refractivity contribution >= 4 is 17.5 Å². The van der Waals surface area contributed by atoms with E-state index in [0.29, 0.717) is 30.4 Å². The molecule has 2 atom stereocenters. The van der Waals surface area contributed by atoms with Gasteiger partial charge in [-0.15, -0.1) is 5.10 Å². The van der Waals surface area contributed by atoms with E-state index in [1.54, 1.807) is 9.58 Å². The van der Waals surface area contributed by atoms with Gasteiger partial charge >= 0.3 is 6.03 Å². The van der Waals surface area contributed by atoms with Crippen LogP contribution in [-0.4, -0.2) is 41.5 Å². The number of urea groups is 1. The molecule has 0 saturated carbocycles. The van der Waals surface area contributed by atoms with Crippen LogP contribution in [0.15, 0.2) is 78.9 Å². The Balaban J connectivity index is 1.42. The molecule has 0 bridgehead atoms. The molecule has 0 radical (unpaired) electrons. The number of aromatic nitrogens is 2. The van der Waals surface area contributed by atoms with Gasteiger partial charge in [0.05, 0.1) is 23.9 Å². The zero-order chi connectivity index (χ0) is 26.6. The lowest BCUT2D eigenvalue weighted by Crippen LogP contribution is -2.42. The average Bonchev–Trinajstić information content (AvgIpc) is 3.46. The number of hydrogen-bond donors (Lipinski definition) is 2. The largest absolute Gasteiger partial charge is 0.477 e. The standard InChI is InChI=1S/C29H29F2N5O2/c1-3-38-28-19(2)27(36(34-28)21-13-8-5-9-14-21)33-29(37)32-25-18-35(26-23(30)15-10-16-24(26)31)17-22(25)20-11-6-4-7-12-20/h4-16,22,25H,3,17-18H2,1-2H3,(H2,32,33,37). The number of nitrogens with zero attached hydrogens (tertiary/aromatic N) is 3. The third-order valence-corrected chi connectivity index (χ3v) is 6.71. The van der Waals surface area contributed by atoms with Gasteiger partial charge in [-0.1, -0.05) is 54.6 Å². The van der Waals surface area contributed by atoms with E-state index in [1.807, 2.05) is 74.5 Å². The highest BCUT2D eigenvalue weighted by atomic mass is 19.1. The van der Waals surface area contributed by atoms with Crippen molar-refractivity contribution in [2.45, 2.75) is 25.8 Å². The maximum absolute atomic E-state index is 14.6. The molecule has 9 heteroatoms. The highest BCUT2D eigenvalue weighted by molar-refractivity contribution is 5.90. The fourth-order valence-electron chi connectivity index (χ4n) is 4.93. The topological polar surface area (TPSA) is 71.4 Å². The van der Waals surface area contributed by atoms with Crippen LogP contribution in [-0.2, 0) is 0 Å². The number of rotatable bonds is 7. The SMILES string of the molecule is CCOc1nn(-c2ccccc2)c(NC(=O)NC2CN(c3c(F)cccc3F)CC2c2ccccc2)c1C. The molecule has 2 amide bonds. The first-order valence-corrected chi connectivity index (χ1v) is 12.6. The van der Waals surface area contributed by atoms with Crippen molar-refractivity contribution in [3.63, 3.8) is 0 Å². The van der Waals surface area contributed by atoms with E-state index in [0.717, 1.165) is 11.3 Å². The van der Waals surface area contributed by atoms with E-state index in [1.165, 1.54) is 18.2 Å². The molecule has 1 saturated heterocycles. The van der Waals surface area contributed by atoms with Crippen LogP contribution in [0.4, 0.5) is 25.1 Å². The molecule has 2 heterocycles. The summed E-state index contributed by atoms with van der Waals surface area (Å²) < 4.78 is 36.5. The number of anilines is 2. The van der Waals surface area contributed by atoms with Gasteiger partial charge in [-0.3, -0.25) is 5.32 Å². The summed E-state index contributed by atoms with van der Waals surface area (Å²) >= 11 is 0. The fraction of sp³-hybridized carbons (Fsp3) is 0.241. The van der Waals surface area contributed by atoms with Crippen molar-refractivity contribution in [2.75, 3.05) is 29.9 Å². The molecule has 2 N–H and O–H groups in total. The summed E-state index contributed by atoms with van der Waals surface area (Å²) in [6.07, 6.45) is 0. The molecule has 1 aliphatic rings. The van der Waals surface area contributed by atoms with Crippen molar-refractivity contribution in [1.29, 1.82) is 0 Å². The summed E-state index contributed by atoms with van der Waals surface area (Å²) in [6, 6.07) is 22.1. The van der Waals surface area contributed by atoms with Crippen LogP contribution in [0.3, 0.4) is 0 Å². The predicted octanol–water partition coefficient (Wildman–Crippen LogP) is 5.65. The minimum absolute atomic E-state index is 0.0857. The smallest absolute Gasteiger partial charge is 0.320 e. The molecule has 1 aliphatic heterocycles. The third kappa shape index (κ3) is 5.04. The lowest BCUT2D eigenvalue weighted by molar-refractivity contribution is 0.248. The van der Waals surface area contributed by atoms with E-state index in [-0.39, 0.29) is 18.2 Å². The number of amides is 2. The van der Waals surface area contributed by atoms with E-state index < -0.39 is 23.7 Å². The van der Waals surface area contributed by atoms with Gasteiger partial charge in [0.25, 0.3) is 0 Å². The van der Waals surface area contributed by atoms with Crippen LogP contribution < -0.4 is 20.3 Å². The summed E-state index contributed by atoms with van der Waals surface area (Å²) in [5.41, 5.74) is 2.34. The molecule has 7 nitrogen and oxygen atoms in total. The Morgan fingerprint density at radius 2 is 1.63 bits per heavy atom. The molecule has 196 valence electrons. The zero-order valence-corrected chi connectivity index (χ0v) is 21.2. The molecule has 38 heavy (non-hydrogen) atoms. The van der Waals surface area contributed by atoms with Gasteiger partial charge in [-0.2, -0.15) is 0 Å². The van der Waals surface area contributed by atoms with Crippen molar-refractivity contribution in [3.05, 3.63) is 102 Å². The number of benzene rings is 3. The molecule has 2 unspecified atom stereocenters. The Morgan fingerprint density at radius 1 is 0.974 bits per heavy atom. The van der Waals surface area contributed by atoms with Crippen LogP contribution >= 0.6 is 0 Å².